The summed E-state index contributed by atoms with van der Waals surface area (Å²) in [5, 5.41) is 35.4. The smallest absolute Gasteiger partial charge is 0.197 e. The number of hydrogen-bond acceptors (Lipinski definition) is 6. The molecule has 5 rings (SSSR count). The Kier molecular flexibility index (Phi) is 5.17. The van der Waals surface area contributed by atoms with Crippen LogP contribution in [-0.4, -0.2) is 34.5 Å². The van der Waals surface area contributed by atoms with Crippen LogP contribution in [0.3, 0.4) is 0 Å². The molecule has 1 fully saturated rings. The second kappa shape index (κ2) is 8.15. The van der Waals surface area contributed by atoms with Crippen LogP contribution in [0.15, 0.2) is 75.9 Å². The monoisotopic (exact) mass is 429 g/mol. The maximum Gasteiger partial charge on any atom is 0.197 e. The Balaban J connectivity index is 1.83. The Morgan fingerprint density at radius 2 is 1.69 bits per heavy atom. The lowest BCUT2D eigenvalue weighted by atomic mass is 9.84. The summed E-state index contributed by atoms with van der Waals surface area (Å²) < 4.78 is 6.16. The highest BCUT2D eigenvalue weighted by Crippen LogP contribution is 2.42. The molecule has 6 nitrogen and oxygen atoms in total. The number of rotatable bonds is 3. The number of piperidine rings is 1. The average Bonchev–Trinajstić information content (AvgIpc) is 2.80. The minimum Gasteiger partial charge on any atom is -0.507 e. The number of aliphatic hydroxyl groups excluding tert-OH is 1. The van der Waals surface area contributed by atoms with E-state index in [0.29, 0.717) is 36.2 Å². The number of phenolic OH excluding ortho intramolecular Hbond substituents is 2. The van der Waals surface area contributed by atoms with E-state index >= 15 is 0 Å². The summed E-state index contributed by atoms with van der Waals surface area (Å²) in [5.74, 6) is -0.235. The van der Waals surface area contributed by atoms with Crippen molar-refractivity contribution < 1.29 is 19.7 Å². The van der Waals surface area contributed by atoms with Crippen molar-refractivity contribution in [3.05, 3.63) is 82.5 Å². The van der Waals surface area contributed by atoms with Crippen molar-refractivity contribution in [1.82, 2.24) is 5.32 Å². The van der Waals surface area contributed by atoms with E-state index in [1.165, 1.54) is 12.1 Å². The van der Waals surface area contributed by atoms with Crippen molar-refractivity contribution in [3.8, 4) is 33.9 Å². The molecule has 4 N–H and O–H groups in total. The molecule has 0 spiro atoms. The molecular formula is C26H23NO5. The lowest BCUT2D eigenvalue weighted by molar-refractivity contribution is 0.118. The summed E-state index contributed by atoms with van der Waals surface area (Å²) in [5.41, 5.74) is 2.15. The van der Waals surface area contributed by atoms with Gasteiger partial charge in [0, 0.05) is 29.7 Å². The van der Waals surface area contributed by atoms with Gasteiger partial charge >= 0.3 is 0 Å². The van der Waals surface area contributed by atoms with E-state index in [1.807, 2.05) is 36.4 Å². The highest BCUT2D eigenvalue weighted by Gasteiger charge is 2.30. The highest BCUT2D eigenvalue weighted by molar-refractivity contribution is 5.95. The first-order valence-corrected chi connectivity index (χ1v) is 10.6. The van der Waals surface area contributed by atoms with Gasteiger partial charge in [0.25, 0.3) is 0 Å². The van der Waals surface area contributed by atoms with Gasteiger partial charge in [0.05, 0.1) is 11.7 Å². The molecule has 162 valence electrons. The Hall–Kier alpha value is -3.61. The van der Waals surface area contributed by atoms with Gasteiger partial charge in [-0.1, -0.05) is 42.5 Å². The molecule has 2 heterocycles. The van der Waals surface area contributed by atoms with Crippen LogP contribution in [0.25, 0.3) is 33.4 Å². The third kappa shape index (κ3) is 3.43. The maximum absolute atomic E-state index is 13.2. The minimum atomic E-state index is -0.667. The summed E-state index contributed by atoms with van der Waals surface area (Å²) in [6.07, 6.45) is -0.0148. The quantitative estimate of drug-likeness (QED) is 0.393. The molecule has 4 aromatic rings. The van der Waals surface area contributed by atoms with Crippen molar-refractivity contribution in [1.29, 1.82) is 0 Å². The zero-order chi connectivity index (χ0) is 22.2. The number of para-hydroxylation sites is 1. The van der Waals surface area contributed by atoms with Gasteiger partial charge in [-0.2, -0.15) is 0 Å². The van der Waals surface area contributed by atoms with Crippen molar-refractivity contribution in [3.63, 3.8) is 0 Å². The molecule has 0 radical (unpaired) electrons. The number of β-amino-alcohol motifs (C(OH)–C–C–N with tert-alkyl or cyclic N) is 1. The molecular weight excluding hydrogens is 406 g/mol. The number of nitrogens with one attached hydrogen (secondary N) is 1. The molecule has 0 saturated carbocycles. The summed E-state index contributed by atoms with van der Waals surface area (Å²) in [4.78, 5) is 13.2. The predicted octanol–water partition coefficient (Wildman–Crippen LogP) is 3.98. The van der Waals surface area contributed by atoms with Gasteiger partial charge in [0.2, 0.25) is 0 Å². The van der Waals surface area contributed by atoms with Gasteiger partial charge in [-0.25, -0.2) is 0 Å². The van der Waals surface area contributed by atoms with Crippen LogP contribution in [-0.2, 0) is 0 Å². The fraction of sp³-hybridized carbons (Fsp3) is 0.192. The van der Waals surface area contributed by atoms with Crippen LogP contribution in [0.5, 0.6) is 11.5 Å². The van der Waals surface area contributed by atoms with Crippen LogP contribution in [0.1, 0.15) is 17.9 Å². The molecule has 32 heavy (non-hydrogen) atoms. The molecule has 0 aliphatic carbocycles. The number of hydrogen-bond donors (Lipinski definition) is 4. The lowest BCUT2D eigenvalue weighted by Crippen LogP contribution is -2.39. The normalized spacial score (nSPS) is 18.7. The highest BCUT2D eigenvalue weighted by atomic mass is 16.3. The number of aliphatic hydroxyl groups is 1. The van der Waals surface area contributed by atoms with Crippen molar-refractivity contribution in [2.45, 2.75) is 18.4 Å². The van der Waals surface area contributed by atoms with Crippen LogP contribution in [0, 0.1) is 0 Å². The van der Waals surface area contributed by atoms with Gasteiger partial charge < -0.3 is 25.1 Å². The number of aromatic hydroxyl groups is 2. The van der Waals surface area contributed by atoms with E-state index in [9.17, 15) is 20.1 Å². The van der Waals surface area contributed by atoms with E-state index in [-0.39, 0.29) is 34.1 Å². The first-order chi connectivity index (χ1) is 15.5. The molecule has 0 amide bonds. The summed E-state index contributed by atoms with van der Waals surface area (Å²) in [7, 11) is 0. The van der Waals surface area contributed by atoms with Gasteiger partial charge in [-0.3, -0.25) is 4.79 Å². The van der Waals surface area contributed by atoms with Crippen molar-refractivity contribution in [2.24, 2.45) is 0 Å². The largest absolute Gasteiger partial charge is 0.507 e. The maximum atomic E-state index is 13.2. The number of fused-ring (bicyclic) bond motifs is 1. The van der Waals surface area contributed by atoms with Crippen molar-refractivity contribution >= 4 is 11.0 Å². The average molecular weight is 429 g/mol. The van der Waals surface area contributed by atoms with E-state index < -0.39 is 11.5 Å². The second-order valence-corrected chi connectivity index (χ2v) is 8.09. The minimum absolute atomic E-state index is 0.0106. The molecule has 2 atom stereocenters. The van der Waals surface area contributed by atoms with Crippen LogP contribution in [0.4, 0.5) is 0 Å². The topological polar surface area (TPSA) is 103 Å². The van der Waals surface area contributed by atoms with Gasteiger partial charge in [0.1, 0.15) is 28.2 Å². The number of phenols is 2. The van der Waals surface area contributed by atoms with E-state index in [2.05, 4.69) is 5.32 Å². The Labute approximate surface area is 184 Å². The fourth-order valence-electron chi connectivity index (χ4n) is 4.48. The molecule has 3 aromatic carbocycles. The van der Waals surface area contributed by atoms with E-state index in [4.69, 9.17) is 4.42 Å². The predicted molar refractivity (Wildman–Crippen MR) is 123 cm³/mol. The summed E-state index contributed by atoms with van der Waals surface area (Å²) in [6, 6.07) is 19.0. The first kappa shape index (κ1) is 20.3. The van der Waals surface area contributed by atoms with Crippen LogP contribution in [0.2, 0.25) is 0 Å². The van der Waals surface area contributed by atoms with Crippen molar-refractivity contribution in [2.75, 3.05) is 13.1 Å². The first-order valence-electron chi connectivity index (χ1n) is 10.6. The Morgan fingerprint density at radius 3 is 2.44 bits per heavy atom. The Morgan fingerprint density at radius 1 is 0.938 bits per heavy atom. The fourth-order valence-corrected chi connectivity index (χ4v) is 4.48. The second-order valence-electron chi connectivity index (χ2n) is 8.09. The van der Waals surface area contributed by atoms with Gasteiger partial charge in [0.15, 0.2) is 5.43 Å². The molecule has 2 unspecified atom stereocenters. The molecule has 1 saturated heterocycles. The third-order valence-electron chi connectivity index (χ3n) is 6.11. The molecule has 1 aromatic heterocycles. The zero-order valence-corrected chi connectivity index (χ0v) is 17.3. The molecule has 1 aliphatic rings. The SMILES string of the molecule is O=c1cc(-c2ccccc2O)oc2c(C3CCNCC3O)cc(-c3ccccc3)c(O)c12. The molecule has 0 bridgehead atoms. The van der Waals surface area contributed by atoms with Gasteiger partial charge in [-0.05, 0) is 36.7 Å². The van der Waals surface area contributed by atoms with Gasteiger partial charge in [-0.15, -0.1) is 0 Å². The Bertz CT molecular complexity index is 1350. The van der Waals surface area contributed by atoms with E-state index in [1.54, 1.807) is 18.2 Å². The van der Waals surface area contributed by atoms with Crippen LogP contribution >= 0.6 is 0 Å². The zero-order valence-electron chi connectivity index (χ0n) is 17.3. The number of benzene rings is 3. The van der Waals surface area contributed by atoms with Crippen LogP contribution < -0.4 is 10.7 Å². The lowest BCUT2D eigenvalue weighted by Gasteiger charge is -2.29. The molecule has 1 aliphatic heterocycles. The van der Waals surface area contributed by atoms with E-state index in [0.717, 1.165) is 5.56 Å². The molecule has 6 heteroatoms. The summed E-state index contributed by atoms with van der Waals surface area (Å²) in [6.45, 7) is 1.14. The summed E-state index contributed by atoms with van der Waals surface area (Å²) >= 11 is 0. The standard InChI is InChI=1S/C26H23NO5/c28-20-9-5-4-8-17(20)23-13-21(29)24-25(31)18(15-6-2-1-3-7-15)12-19(26(24)32-23)16-10-11-27-14-22(16)30/h1-9,12-13,16,22,27-28,30-31H,10-11,14H2. The third-order valence-corrected chi connectivity index (χ3v) is 6.11.